The molecule has 0 amide bonds. The molecule has 0 spiro atoms. The van der Waals surface area contributed by atoms with Crippen molar-refractivity contribution in [1.82, 2.24) is 0 Å². The Hall–Kier alpha value is -3.35. The van der Waals surface area contributed by atoms with Gasteiger partial charge in [0.1, 0.15) is 17.1 Å². The van der Waals surface area contributed by atoms with E-state index in [-0.39, 0.29) is 39.7 Å². The van der Waals surface area contributed by atoms with Gasteiger partial charge in [-0.2, -0.15) is 0 Å². The number of aryl methyl sites for hydroxylation is 1. The fraction of sp³-hybridized carbons (Fsp3) is 0.167. The van der Waals surface area contributed by atoms with Gasteiger partial charge in [0, 0.05) is 5.56 Å². The van der Waals surface area contributed by atoms with Crippen molar-refractivity contribution in [3.8, 4) is 28.7 Å². The van der Waals surface area contributed by atoms with Gasteiger partial charge in [-0.3, -0.25) is 9.59 Å². The average molecular weight is 342 g/mol. The molecule has 0 saturated heterocycles. The molecule has 25 heavy (non-hydrogen) atoms. The van der Waals surface area contributed by atoms with E-state index in [1.54, 1.807) is 13.8 Å². The van der Waals surface area contributed by atoms with Gasteiger partial charge < -0.3 is 19.3 Å². The molecular formula is C18H14O7. The van der Waals surface area contributed by atoms with Crippen molar-refractivity contribution in [2.45, 2.75) is 13.8 Å². The fourth-order valence-electron chi connectivity index (χ4n) is 2.76. The van der Waals surface area contributed by atoms with Gasteiger partial charge in [0.05, 0.1) is 18.2 Å². The maximum atomic E-state index is 12.6. The predicted molar refractivity (Wildman–Crippen MR) is 86.4 cm³/mol. The number of aldehydes is 2. The van der Waals surface area contributed by atoms with E-state index in [1.807, 2.05) is 0 Å². The lowest BCUT2D eigenvalue weighted by molar-refractivity contribution is 0.0734. The zero-order chi connectivity index (χ0) is 18.3. The van der Waals surface area contributed by atoms with Crippen molar-refractivity contribution in [1.29, 1.82) is 0 Å². The van der Waals surface area contributed by atoms with E-state index in [4.69, 9.17) is 14.2 Å². The van der Waals surface area contributed by atoms with Crippen LogP contribution < -0.4 is 14.2 Å². The minimum Gasteiger partial charge on any atom is -0.507 e. The van der Waals surface area contributed by atoms with Crippen LogP contribution in [0.25, 0.3) is 0 Å². The van der Waals surface area contributed by atoms with Gasteiger partial charge >= 0.3 is 5.97 Å². The number of carbonyl (C=O) groups excluding carboxylic acids is 3. The summed E-state index contributed by atoms with van der Waals surface area (Å²) in [6.07, 6.45) is 0.901. The summed E-state index contributed by atoms with van der Waals surface area (Å²) in [5.74, 6) is -0.892. The van der Waals surface area contributed by atoms with Crippen molar-refractivity contribution in [3.63, 3.8) is 0 Å². The summed E-state index contributed by atoms with van der Waals surface area (Å²) in [5, 5.41) is 9.98. The Bertz CT molecular complexity index is 928. The lowest BCUT2D eigenvalue weighted by Gasteiger charge is -2.15. The summed E-state index contributed by atoms with van der Waals surface area (Å²) in [4.78, 5) is 35.4. The van der Waals surface area contributed by atoms with Crippen molar-refractivity contribution in [2.24, 2.45) is 0 Å². The molecule has 2 aromatic carbocycles. The van der Waals surface area contributed by atoms with E-state index < -0.39 is 5.97 Å². The number of aromatic hydroxyl groups is 1. The summed E-state index contributed by atoms with van der Waals surface area (Å²) < 4.78 is 16.3. The third-order valence-electron chi connectivity index (χ3n) is 4.03. The zero-order valence-electron chi connectivity index (χ0n) is 13.7. The van der Waals surface area contributed by atoms with Crippen LogP contribution in [0.1, 0.15) is 42.2 Å². The van der Waals surface area contributed by atoms with Crippen molar-refractivity contribution in [2.75, 3.05) is 7.11 Å². The van der Waals surface area contributed by atoms with E-state index >= 15 is 0 Å². The number of phenolic OH excluding ortho intramolecular Hbond substituents is 1. The molecule has 0 fully saturated rings. The molecule has 0 unspecified atom stereocenters. The Kier molecular flexibility index (Phi) is 3.92. The molecule has 7 nitrogen and oxygen atoms in total. The maximum absolute atomic E-state index is 12.6. The van der Waals surface area contributed by atoms with Gasteiger partial charge in [-0.1, -0.05) is 0 Å². The first-order chi connectivity index (χ1) is 11.9. The van der Waals surface area contributed by atoms with Crippen molar-refractivity contribution < 1.29 is 33.7 Å². The van der Waals surface area contributed by atoms with Crippen LogP contribution in [0.2, 0.25) is 0 Å². The van der Waals surface area contributed by atoms with Crippen molar-refractivity contribution >= 4 is 18.5 Å². The molecule has 0 aromatic heterocycles. The average Bonchev–Trinajstić information content (AvgIpc) is 2.73. The summed E-state index contributed by atoms with van der Waals surface area (Å²) >= 11 is 0. The predicted octanol–water partition coefficient (Wildman–Crippen LogP) is 2.97. The fourth-order valence-corrected chi connectivity index (χ4v) is 2.76. The molecule has 7 heteroatoms. The maximum Gasteiger partial charge on any atom is 0.347 e. The number of carbonyl (C=O) groups is 3. The number of fused-ring (bicyclic) bond motifs is 2. The van der Waals surface area contributed by atoms with E-state index in [0.717, 1.165) is 0 Å². The lowest BCUT2D eigenvalue weighted by atomic mass is 10.0. The lowest BCUT2D eigenvalue weighted by Crippen LogP contribution is -2.11. The number of hydrogen-bond donors (Lipinski definition) is 1. The zero-order valence-corrected chi connectivity index (χ0v) is 13.7. The molecular weight excluding hydrogens is 328 g/mol. The van der Waals surface area contributed by atoms with Crippen LogP contribution in [-0.2, 0) is 0 Å². The highest BCUT2D eigenvalue weighted by Crippen LogP contribution is 2.47. The quantitative estimate of drug-likeness (QED) is 0.520. The topological polar surface area (TPSA) is 99.1 Å². The normalized spacial score (nSPS) is 12.2. The SMILES string of the molecule is COc1cc(C=O)c2c(c1C)OC(=O)c1c(C)cc(O)c(C=O)c1O2. The molecule has 0 bridgehead atoms. The third-order valence-corrected chi connectivity index (χ3v) is 4.03. The van der Waals surface area contributed by atoms with Crippen LogP contribution >= 0.6 is 0 Å². The van der Waals surface area contributed by atoms with E-state index in [0.29, 0.717) is 29.4 Å². The first-order valence-electron chi connectivity index (χ1n) is 7.31. The number of benzene rings is 2. The van der Waals surface area contributed by atoms with Gasteiger partial charge in [0.25, 0.3) is 0 Å². The molecule has 128 valence electrons. The van der Waals surface area contributed by atoms with Gasteiger partial charge in [0.15, 0.2) is 29.8 Å². The minimum absolute atomic E-state index is 0.00585. The van der Waals surface area contributed by atoms with Crippen LogP contribution in [0.5, 0.6) is 28.7 Å². The van der Waals surface area contributed by atoms with Crippen LogP contribution in [0, 0.1) is 13.8 Å². The van der Waals surface area contributed by atoms with E-state index in [2.05, 4.69) is 0 Å². The van der Waals surface area contributed by atoms with Crippen LogP contribution in [0.4, 0.5) is 0 Å². The minimum atomic E-state index is -0.762. The van der Waals surface area contributed by atoms with Gasteiger partial charge in [0.2, 0.25) is 0 Å². The number of rotatable bonds is 3. The second-order valence-corrected chi connectivity index (χ2v) is 5.51. The Morgan fingerprint density at radius 2 is 1.76 bits per heavy atom. The molecule has 0 aliphatic carbocycles. The molecule has 1 aliphatic heterocycles. The monoisotopic (exact) mass is 342 g/mol. The summed E-state index contributed by atoms with van der Waals surface area (Å²) in [5.41, 5.74) is 0.713. The highest BCUT2D eigenvalue weighted by Gasteiger charge is 2.32. The Labute approximate surface area is 142 Å². The van der Waals surface area contributed by atoms with Crippen LogP contribution in [0.15, 0.2) is 12.1 Å². The second kappa shape index (κ2) is 5.94. The van der Waals surface area contributed by atoms with Gasteiger partial charge in [-0.15, -0.1) is 0 Å². The molecule has 0 saturated carbocycles. The standard InChI is InChI=1S/C18H14O7/c1-8-4-12(21)11(7-20)17-14(8)18(22)25-15-9(2)13(23-3)5-10(6-19)16(15)24-17/h4-7,21H,1-3H3. The summed E-state index contributed by atoms with van der Waals surface area (Å²) in [6.45, 7) is 3.21. The molecule has 0 atom stereocenters. The summed E-state index contributed by atoms with van der Waals surface area (Å²) in [6, 6.07) is 2.72. The molecule has 2 aromatic rings. The first-order valence-corrected chi connectivity index (χ1v) is 7.31. The van der Waals surface area contributed by atoms with E-state index in [1.165, 1.54) is 19.2 Å². The Balaban J connectivity index is 2.38. The third kappa shape index (κ3) is 2.40. The van der Waals surface area contributed by atoms with E-state index in [9.17, 15) is 19.5 Å². The molecule has 1 aliphatic rings. The molecule has 0 radical (unpaired) electrons. The number of ether oxygens (including phenoxy) is 3. The van der Waals surface area contributed by atoms with Crippen molar-refractivity contribution in [3.05, 3.63) is 39.9 Å². The summed E-state index contributed by atoms with van der Waals surface area (Å²) in [7, 11) is 1.42. The molecule has 1 heterocycles. The van der Waals surface area contributed by atoms with Gasteiger partial charge in [-0.25, -0.2) is 4.79 Å². The van der Waals surface area contributed by atoms with Crippen LogP contribution in [-0.4, -0.2) is 30.8 Å². The Morgan fingerprint density at radius 3 is 2.36 bits per heavy atom. The largest absolute Gasteiger partial charge is 0.507 e. The first kappa shape index (κ1) is 16.5. The highest BCUT2D eigenvalue weighted by molar-refractivity contribution is 6.02. The number of methoxy groups -OCH3 is 1. The number of hydrogen-bond acceptors (Lipinski definition) is 7. The van der Waals surface area contributed by atoms with Gasteiger partial charge in [-0.05, 0) is 31.5 Å². The van der Waals surface area contributed by atoms with Crippen LogP contribution in [0.3, 0.4) is 0 Å². The highest BCUT2D eigenvalue weighted by atomic mass is 16.6. The smallest absolute Gasteiger partial charge is 0.347 e. The number of esters is 1. The Morgan fingerprint density at radius 1 is 1.04 bits per heavy atom. The molecule has 3 rings (SSSR count). The second-order valence-electron chi connectivity index (χ2n) is 5.51. The molecule has 1 N–H and O–H groups in total. The number of phenols is 1.